The first-order valence-electron chi connectivity index (χ1n) is 7.82. The lowest BCUT2D eigenvalue weighted by atomic mass is 9.96. The van der Waals surface area contributed by atoms with Crippen molar-refractivity contribution < 1.29 is 24.2 Å². The van der Waals surface area contributed by atoms with E-state index in [0.717, 1.165) is 11.1 Å². The number of carbonyl (C=O) groups excluding carboxylic acids is 2. The normalized spacial score (nSPS) is 20.5. The first-order chi connectivity index (χ1) is 11.5. The van der Waals surface area contributed by atoms with Crippen LogP contribution in [0.4, 0.5) is 0 Å². The van der Waals surface area contributed by atoms with Crippen LogP contribution in [0.25, 0.3) is 0 Å². The van der Waals surface area contributed by atoms with Gasteiger partial charge in [0.25, 0.3) is 5.91 Å². The number of hydrogen-bond acceptors (Lipinski definition) is 5. The summed E-state index contributed by atoms with van der Waals surface area (Å²) in [5, 5.41) is 9.07. The minimum atomic E-state index is -1.07. The van der Waals surface area contributed by atoms with Crippen LogP contribution in [-0.4, -0.2) is 70.0 Å². The van der Waals surface area contributed by atoms with E-state index in [1.54, 1.807) is 11.1 Å². The summed E-state index contributed by atoms with van der Waals surface area (Å²) in [6.07, 6.45) is 2.80. The van der Waals surface area contributed by atoms with E-state index in [2.05, 4.69) is 4.98 Å². The maximum absolute atomic E-state index is 12.8. The van der Waals surface area contributed by atoms with E-state index >= 15 is 0 Å². The Morgan fingerprint density at radius 1 is 1.25 bits per heavy atom. The highest BCUT2D eigenvalue weighted by molar-refractivity contribution is 5.96. The number of nitrogens with zero attached hydrogens (tertiary/aromatic N) is 3. The average Bonchev–Trinajstić information content (AvgIpc) is 2.60. The molecule has 24 heavy (non-hydrogen) atoms. The van der Waals surface area contributed by atoms with Crippen LogP contribution < -0.4 is 0 Å². The Labute approximate surface area is 139 Å². The van der Waals surface area contributed by atoms with Gasteiger partial charge in [-0.25, -0.2) is 4.79 Å². The van der Waals surface area contributed by atoms with E-state index in [9.17, 15) is 14.4 Å². The molecule has 0 radical (unpaired) electrons. The van der Waals surface area contributed by atoms with E-state index in [1.165, 1.54) is 18.0 Å². The molecule has 1 aromatic rings. The van der Waals surface area contributed by atoms with Crippen LogP contribution in [0.5, 0.6) is 0 Å². The minimum absolute atomic E-state index is 0.00476. The maximum atomic E-state index is 12.8. The monoisotopic (exact) mass is 333 g/mol. The van der Waals surface area contributed by atoms with Crippen molar-refractivity contribution in [3.8, 4) is 0 Å². The average molecular weight is 333 g/mol. The number of carboxylic acids is 1. The summed E-state index contributed by atoms with van der Waals surface area (Å²) in [6, 6.07) is 0. The molecule has 3 rings (SSSR count). The van der Waals surface area contributed by atoms with Gasteiger partial charge in [-0.2, -0.15) is 0 Å². The second kappa shape index (κ2) is 6.56. The Bertz CT molecular complexity index is 690. The Balaban J connectivity index is 1.83. The van der Waals surface area contributed by atoms with Crippen molar-refractivity contribution in [3.63, 3.8) is 0 Å². The van der Waals surface area contributed by atoms with Gasteiger partial charge in [0.2, 0.25) is 5.91 Å². The predicted molar refractivity (Wildman–Crippen MR) is 82.3 cm³/mol. The third-order valence-corrected chi connectivity index (χ3v) is 4.44. The van der Waals surface area contributed by atoms with Crippen molar-refractivity contribution in [2.24, 2.45) is 0 Å². The van der Waals surface area contributed by atoms with Crippen molar-refractivity contribution in [1.29, 1.82) is 0 Å². The van der Waals surface area contributed by atoms with Crippen LogP contribution in [0.2, 0.25) is 0 Å². The fraction of sp³-hybridized carbons (Fsp3) is 0.500. The zero-order chi connectivity index (χ0) is 17.3. The number of ether oxygens (including phenoxy) is 1. The summed E-state index contributed by atoms with van der Waals surface area (Å²) in [4.78, 5) is 42.8. The molecule has 0 spiro atoms. The molecule has 1 fully saturated rings. The van der Waals surface area contributed by atoms with Crippen LogP contribution in [-0.2, 0) is 27.3 Å². The van der Waals surface area contributed by atoms with Gasteiger partial charge >= 0.3 is 5.97 Å². The Hall–Kier alpha value is -2.48. The molecular weight excluding hydrogens is 314 g/mol. The lowest BCUT2D eigenvalue weighted by molar-refractivity contribution is -0.154. The highest BCUT2D eigenvalue weighted by Gasteiger charge is 2.31. The molecule has 2 aliphatic heterocycles. The van der Waals surface area contributed by atoms with E-state index in [4.69, 9.17) is 9.84 Å². The molecule has 1 aromatic heterocycles. The van der Waals surface area contributed by atoms with Gasteiger partial charge in [-0.05, 0) is 17.5 Å². The Morgan fingerprint density at radius 3 is 2.75 bits per heavy atom. The van der Waals surface area contributed by atoms with Gasteiger partial charge in [0, 0.05) is 39.0 Å². The van der Waals surface area contributed by atoms with Crippen LogP contribution in [0.1, 0.15) is 28.4 Å². The molecule has 0 bridgehead atoms. The van der Waals surface area contributed by atoms with Crippen molar-refractivity contribution in [2.75, 3.05) is 26.2 Å². The number of aliphatic carboxylic acids is 1. The molecule has 1 atom stereocenters. The van der Waals surface area contributed by atoms with E-state index < -0.39 is 12.1 Å². The Morgan fingerprint density at radius 2 is 2.04 bits per heavy atom. The smallest absolute Gasteiger partial charge is 0.334 e. The van der Waals surface area contributed by atoms with Gasteiger partial charge in [0.15, 0.2) is 6.10 Å². The number of carbonyl (C=O) groups is 3. The van der Waals surface area contributed by atoms with Gasteiger partial charge in [-0.1, -0.05) is 0 Å². The fourth-order valence-electron chi connectivity index (χ4n) is 3.10. The molecule has 0 aliphatic carbocycles. The second-order valence-corrected chi connectivity index (χ2v) is 5.96. The molecule has 2 amide bonds. The summed E-state index contributed by atoms with van der Waals surface area (Å²) < 4.78 is 5.16. The number of rotatable bonds is 2. The van der Waals surface area contributed by atoms with Gasteiger partial charge < -0.3 is 19.6 Å². The number of amides is 2. The maximum Gasteiger partial charge on any atom is 0.334 e. The van der Waals surface area contributed by atoms with Crippen LogP contribution in [0.15, 0.2) is 12.4 Å². The fourth-order valence-corrected chi connectivity index (χ4v) is 3.10. The second-order valence-electron chi connectivity index (χ2n) is 5.96. The third-order valence-electron chi connectivity index (χ3n) is 4.44. The van der Waals surface area contributed by atoms with E-state index in [-0.39, 0.29) is 25.0 Å². The van der Waals surface area contributed by atoms with Crippen LogP contribution >= 0.6 is 0 Å². The lowest BCUT2D eigenvalue weighted by Gasteiger charge is -2.33. The first kappa shape index (κ1) is 16.4. The molecule has 128 valence electrons. The molecule has 0 aromatic carbocycles. The standard InChI is InChI=1S/C16H19N3O5/c1-10(20)18-3-2-12-11(8-18)6-17-7-13(12)15(21)19-4-5-24-14(9-19)16(22)23/h6-7,14H,2-5,8-9H2,1H3,(H,22,23). The molecule has 8 heteroatoms. The number of aromatic nitrogens is 1. The summed E-state index contributed by atoms with van der Waals surface area (Å²) in [5.74, 6) is -1.31. The van der Waals surface area contributed by atoms with Crippen molar-refractivity contribution in [3.05, 3.63) is 29.1 Å². The van der Waals surface area contributed by atoms with Crippen molar-refractivity contribution in [2.45, 2.75) is 26.0 Å². The molecule has 1 saturated heterocycles. The van der Waals surface area contributed by atoms with Gasteiger partial charge in [-0.3, -0.25) is 14.6 Å². The van der Waals surface area contributed by atoms with Gasteiger partial charge in [0.1, 0.15) is 0 Å². The predicted octanol–water partition coefficient (Wildman–Crippen LogP) is -0.0882. The zero-order valence-corrected chi connectivity index (χ0v) is 13.4. The zero-order valence-electron chi connectivity index (χ0n) is 13.4. The molecule has 1 N–H and O–H groups in total. The van der Waals surface area contributed by atoms with Crippen molar-refractivity contribution in [1.82, 2.24) is 14.8 Å². The number of carboxylic acid groups (broad SMARTS) is 1. The van der Waals surface area contributed by atoms with Crippen molar-refractivity contribution >= 4 is 17.8 Å². The molecule has 2 aliphatic rings. The number of fused-ring (bicyclic) bond motifs is 1. The molecule has 0 saturated carbocycles. The van der Waals surface area contributed by atoms with E-state index in [1.807, 2.05) is 0 Å². The highest BCUT2D eigenvalue weighted by Crippen LogP contribution is 2.23. The van der Waals surface area contributed by atoms with Crippen LogP contribution in [0.3, 0.4) is 0 Å². The molecule has 1 unspecified atom stereocenters. The number of hydrogen-bond donors (Lipinski definition) is 1. The minimum Gasteiger partial charge on any atom is -0.479 e. The van der Waals surface area contributed by atoms with Crippen LogP contribution in [0, 0.1) is 0 Å². The largest absolute Gasteiger partial charge is 0.479 e. The topological polar surface area (TPSA) is 100 Å². The summed E-state index contributed by atoms with van der Waals surface area (Å²) in [5.41, 5.74) is 2.25. The quantitative estimate of drug-likeness (QED) is 0.812. The summed E-state index contributed by atoms with van der Waals surface area (Å²) >= 11 is 0. The summed E-state index contributed by atoms with van der Waals surface area (Å²) in [6.45, 7) is 3.10. The molecule has 3 heterocycles. The van der Waals surface area contributed by atoms with E-state index in [0.29, 0.717) is 31.6 Å². The molecular formula is C16H19N3O5. The third kappa shape index (κ3) is 3.09. The number of pyridine rings is 1. The van der Waals surface area contributed by atoms with Gasteiger partial charge in [-0.15, -0.1) is 0 Å². The summed E-state index contributed by atoms with van der Waals surface area (Å²) in [7, 11) is 0. The number of morpholine rings is 1. The Kier molecular flexibility index (Phi) is 4.48. The highest BCUT2D eigenvalue weighted by atomic mass is 16.5. The molecule has 8 nitrogen and oxygen atoms in total. The first-order valence-corrected chi connectivity index (χ1v) is 7.82. The lowest BCUT2D eigenvalue weighted by Crippen LogP contribution is -2.49. The van der Waals surface area contributed by atoms with Gasteiger partial charge in [0.05, 0.1) is 18.7 Å². The SMILES string of the molecule is CC(=O)N1CCc2c(cncc2C(=O)N2CCOC(C(=O)O)C2)C1.